The minimum atomic E-state index is -0.171. The van der Waals surface area contributed by atoms with Crippen LogP contribution in [0, 0.1) is 11.3 Å². The number of unbranched alkanes of at least 4 members (excludes halogenated alkanes) is 1. The van der Waals surface area contributed by atoms with E-state index < -0.39 is 0 Å². The van der Waals surface area contributed by atoms with Gasteiger partial charge < -0.3 is 5.32 Å². The van der Waals surface area contributed by atoms with E-state index in [0.29, 0.717) is 0 Å². The van der Waals surface area contributed by atoms with Gasteiger partial charge in [-0.3, -0.25) is 4.79 Å². The van der Waals surface area contributed by atoms with Crippen LogP contribution in [0.15, 0.2) is 11.6 Å². The number of nitriles is 1. The van der Waals surface area contributed by atoms with Gasteiger partial charge in [0.2, 0.25) is 5.91 Å². The SMILES string of the molecule is CCCCC(C)=CC(=O)NCC#N. The number of allylic oxidation sites excluding steroid dienone is 1. The Morgan fingerprint density at radius 2 is 2.31 bits per heavy atom. The van der Waals surface area contributed by atoms with Crippen molar-refractivity contribution in [2.75, 3.05) is 6.54 Å². The number of carbonyl (C=O) groups is 1. The molecule has 0 aliphatic carbocycles. The number of rotatable bonds is 5. The van der Waals surface area contributed by atoms with Crippen LogP contribution in [0.3, 0.4) is 0 Å². The molecule has 13 heavy (non-hydrogen) atoms. The monoisotopic (exact) mass is 180 g/mol. The molecule has 0 unspecified atom stereocenters. The summed E-state index contributed by atoms with van der Waals surface area (Å²) in [4.78, 5) is 11.0. The van der Waals surface area contributed by atoms with Gasteiger partial charge in [0.05, 0.1) is 6.07 Å². The van der Waals surface area contributed by atoms with Gasteiger partial charge >= 0.3 is 0 Å². The van der Waals surface area contributed by atoms with Gasteiger partial charge in [0.15, 0.2) is 0 Å². The molecule has 0 spiro atoms. The second-order valence-electron chi connectivity index (χ2n) is 2.97. The molecule has 0 aliphatic rings. The predicted octanol–water partition coefficient (Wildman–Crippen LogP) is 1.76. The molecule has 0 bridgehead atoms. The van der Waals surface area contributed by atoms with Gasteiger partial charge in [-0.2, -0.15) is 5.26 Å². The lowest BCUT2D eigenvalue weighted by Gasteiger charge is -1.99. The molecule has 0 atom stereocenters. The van der Waals surface area contributed by atoms with Gasteiger partial charge in [0, 0.05) is 6.08 Å². The number of nitrogens with zero attached hydrogens (tertiary/aromatic N) is 1. The highest BCUT2D eigenvalue weighted by Gasteiger charge is 1.96. The Kier molecular flexibility index (Phi) is 6.62. The first kappa shape index (κ1) is 11.7. The van der Waals surface area contributed by atoms with Crippen LogP contribution >= 0.6 is 0 Å². The third-order valence-corrected chi connectivity index (χ3v) is 1.64. The van der Waals surface area contributed by atoms with Gasteiger partial charge in [0.25, 0.3) is 0 Å². The lowest BCUT2D eigenvalue weighted by atomic mass is 10.1. The van der Waals surface area contributed by atoms with Gasteiger partial charge in [-0.15, -0.1) is 0 Å². The molecule has 0 heterocycles. The summed E-state index contributed by atoms with van der Waals surface area (Å²) in [5.41, 5.74) is 1.07. The maximum atomic E-state index is 11.0. The molecule has 1 N–H and O–H groups in total. The Bertz CT molecular complexity index is 226. The maximum absolute atomic E-state index is 11.0. The third-order valence-electron chi connectivity index (χ3n) is 1.64. The summed E-state index contributed by atoms with van der Waals surface area (Å²) >= 11 is 0. The van der Waals surface area contributed by atoms with Crippen LogP contribution in [0.4, 0.5) is 0 Å². The van der Waals surface area contributed by atoms with E-state index in [-0.39, 0.29) is 12.5 Å². The fourth-order valence-electron chi connectivity index (χ4n) is 0.929. The van der Waals surface area contributed by atoms with Gasteiger partial charge in [-0.05, 0) is 19.8 Å². The lowest BCUT2D eigenvalue weighted by molar-refractivity contribution is -0.116. The zero-order chi connectivity index (χ0) is 10.1. The van der Waals surface area contributed by atoms with Crippen LogP contribution in [0.2, 0.25) is 0 Å². The van der Waals surface area contributed by atoms with E-state index in [1.807, 2.05) is 13.0 Å². The number of hydrogen-bond donors (Lipinski definition) is 1. The average Bonchev–Trinajstić information content (AvgIpc) is 2.11. The zero-order valence-corrected chi connectivity index (χ0v) is 8.26. The van der Waals surface area contributed by atoms with Gasteiger partial charge in [-0.25, -0.2) is 0 Å². The summed E-state index contributed by atoms with van der Waals surface area (Å²) in [6.45, 7) is 4.13. The minimum absolute atomic E-state index is 0.0798. The smallest absolute Gasteiger partial charge is 0.244 e. The molecular weight excluding hydrogens is 164 g/mol. The molecular formula is C10H16N2O. The zero-order valence-electron chi connectivity index (χ0n) is 8.26. The summed E-state index contributed by atoms with van der Waals surface area (Å²) in [5, 5.41) is 10.7. The first-order chi connectivity index (χ1) is 6.20. The van der Waals surface area contributed by atoms with Gasteiger partial charge in [0.1, 0.15) is 6.54 Å². The Hall–Kier alpha value is -1.30. The summed E-state index contributed by atoms with van der Waals surface area (Å²) in [6.07, 6.45) is 4.75. The molecule has 3 nitrogen and oxygen atoms in total. The molecule has 0 fully saturated rings. The Labute approximate surface area is 79.4 Å². The van der Waals surface area contributed by atoms with Crippen LogP contribution in [0.5, 0.6) is 0 Å². The number of amides is 1. The van der Waals surface area contributed by atoms with Crippen molar-refractivity contribution >= 4 is 5.91 Å². The average molecular weight is 180 g/mol. The summed E-state index contributed by atoms with van der Waals surface area (Å²) in [7, 11) is 0. The number of carbonyl (C=O) groups excluding carboxylic acids is 1. The van der Waals surface area contributed by atoms with E-state index in [1.165, 1.54) is 0 Å². The summed E-state index contributed by atoms with van der Waals surface area (Å²) in [5.74, 6) is -0.171. The molecule has 0 aromatic heterocycles. The molecule has 0 rings (SSSR count). The highest BCUT2D eigenvalue weighted by atomic mass is 16.1. The second kappa shape index (κ2) is 7.35. The van der Waals surface area contributed by atoms with Crippen LogP contribution in [0.1, 0.15) is 33.1 Å². The van der Waals surface area contributed by atoms with Crippen molar-refractivity contribution < 1.29 is 4.79 Å². The van der Waals surface area contributed by atoms with E-state index in [4.69, 9.17) is 5.26 Å². The van der Waals surface area contributed by atoms with Crippen molar-refractivity contribution in [1.29, 1.82) is 5.26 Å². The molecule has 0 aromatic rings. The van der Waals surface area contributed by atoms with Gasteiger partial charge in [-0.1, -0.05) is 18.9 Å². The molecule has 1 amide bonds. The standard InChI is InChI=1S/C10H16N2O/c1-3-4-5-9(2)8-10(13)12-7-6-11/h8H,3-5,7H2,1-2H3,(H,12,13). The second-order valence-corrected chi connectivity index (χ2v) is 2.97. The summed E-state index contributed by atoms with van der Waals surface area (Å²) < 4.78 is 0. The van der Waals surface area contributed by atoms with Crippen LogP contribution in [-0.4, -0.2) is 12.5 Å². The summed E-state index contributed by atoms with van der Waals surface area (Å²) in [6, 6.07) is 1.85. The van der Waals surface area contributed by atoms with Crippen LogP contribution < -0.4 is 5.32 Å². The number of nitrogens with one attached hydrogen (secondary N) is 1. The molecule has 0 aromatic carbocycles. The highest BCUT2D eigenvalue weighted by molar-refractivity contribution is 5.88. The molecule has 72 valence electrons. The number of hydrogen-bond acceptors (Lipinski definition) is 2. The maximum Gasteiger partial charge on any atom is 0.244 e. The quantitative estimate of drug-likeness (QED) is 0.517. The van der Waals surface area contributed by atoms with Crippen molar-refractivity contribution in [3.05, 3.63) is 11.6 Å². The molecule has 3 heteroatoms. The molecule has 0 aliphatic heterocycles. The van der Waals surface area contributed by atoms with E-state index in [2.05, 4.69) is 12.2 Å². The van der Waals surface area contributed by atoms with E-state index in [9.17, 15) is 4.79 Å². The highest BCUT2D eigenvalue weighted by Crippen LogP contribution is 2.05. The largest absolute Gasteiger partial charge is 0.339 e. The topological polar surface area (TPSA) is 52.9 Å². The third kappa shape index (κ3) is 7.07. The van der Waals surface area contributed by atoms with Crippen molar-refractivity contribution in [3.63, 3.8) is 0 Å². The first-order valence-electron chi connectivity index (χ1n) is 4.52. The van der Waals surface area contributed by atoms with Crippen molar-refractivity contribution in [3.8, 4) is 6.07 Å². The van der Waals surface area contributed by atoms with Crippen molar-refractivity contribution in [2.24, 2.45) is 0 Å². The van der Waals surface area contributed by atoms with E-state index >= 15 is 0 Å². The van der Waals surface area contributed by atoms with Crippen LogP contribution in [0.25, 0.3) is 0 Å². The lowest BCUT2D eigenvalue weighted by Crippen LogP contribution is -2.21. The Morgan fingerprint density at radius 1 is 1.62 bits per heavy atom. The molecule has 0 saturated heterocycles. The minimum Gasteiger partial charge on any atom is -0.339 e. The van der Waals surface area contributed by atoms with Crippen LogP contribution in [-0.2, 0) is 4.79 Å². The normalized spacial score (nSPS) is 10.7. The molecule has 0 radical (unpaired) electrons. The van der Waals surface area contributed by atoms with Crippen molar-refractivity contribution in [2.45, 2.75) is 33.1 Å². The Morgan fingerprint density at radius 3 is 2.85 bits per heavy atom. The van der Waals surface area contributed by atoms with E-state index in [1.54, 1.807) is 6.08 Å². The molecule has 0 saturated carbocycles. The predicted molar refractivity (Wildman–Crippen MR) is 51.9 cm³/mol. The Balaban J connectivity index is 3.78. The van der Waals surface area contributed by atoms with E-state index in [0.717, 1.165) is 24.8 Å². The fraction of sp³-hybridized carbons (Fsp3) is 0.600. The van der Waals surface area contributed by atoms with Crippen molar-refractivity contribution in [1.82, 2.24) is 5.32 Å². The fourth-order valence-corrected chi connectivity index (χ4v) is 0.929. The first-order valence-corrected chi connectivity index (χ1v) is 4.52.